The first-order valence-corrected chi connectivity index (χ1v) is 12.2. The molecule has 0 aromatic carbocycles. The van der Waals surface area contributed by atoms with Crippen LogP contribution in [0.3, 0.4) is 0 Å². The van der Waals surface area contributed by atoms with Crippen molar-refractivity contribution in [3.8, 4) is 5.75 Å². The Morgan fingerprint density at radius 1 is 1.07 bits per heavy atom. The average Bonchev–Trinajstić information content (AvgIpc) is 3.54. The lowest BCUT2D eigenvalue weighted by atomic mass is 9.73. The van der Waals surface area contributed by atoms with Gasteiger partial charge in [-0.15, -0.1) is 0 Å². The topological polar surface area (TPSA) is 76.5 Å². The summed E-state index contributed by atoms with van der Waals surface area (Å²) in [4.78, 5) is 13.1. The highest BCUT2D eigenvalue weighted by Gasteiger charge is 2.42. The third-order valence-electron chi connectivity index (χ3n) is 7.95. The molecule has 0 radical (unpaired) electrons. The molecule has 162 valence electrons. The van der Waals surface area contributed by atoms with Crippen molar-refractivity contribution >= 4 is 0 Å². The van der Waals surface area contributed by atoms with Gasteiger partial charge in [0.2, 0.25) is 0 Å². The van der Waals surface area contributed by atoms with Crippen molar-refractivity contribution < 1.29 is 9.52 Å². The van der Waals surface area contributed by atoms with Gasteiger partial charge in [-0.25, -0.2) is 4.79 Å². The highest BCUT2D eigenvalue weighted by atomic mass is 16.4. The third kappa shape index (κ3) is 4.90. The molecule has 0 spiro atoms. The number of aromatic hydroxyl groups is 1. The molecule has 3 aliphatic rings. The Morgan fingerprint density at radius 2 is 1.83 bits per heavy atom. The first-order chi connectivity index (χ1) is 14.1. The lowest BCUT2D eigenvalue weighted by molar-refractivity contribution is 0.248. The summed E-state index contributed by atoms with van der Waals surface area (Å²) in [6.07, 6.45) is 15.2. The maximum Gasteiger partial charge on any atom is 0.343 e. The summed E-state index contributed by atoms with van der Waals surface area (Å²) in [7, 11) is 0. The number of hydrogen-bond donors (Lipinski definition) is 2. The molecule has 0 saturated heterocycles. The van der Waals surface area contributed by atoms with Gasteiger partial charge in [-0.05, 0) is 62.7 Å². The van der Waals surface area contributed by atoms with E-state index in [4.69, 9.17) is 10.2 Å². The minimum absolute atomic E-state index is 0.116. The summed E-state index contributed by atoms with van der Waals surface area (Å²) in [5, 5.41) is 11.0. The molecule has 0 amide bonds. The number of rotatable bonds is 7. The van der Waals surface area contributed by atoms with Crippen LogP contribution in [0.4, 0.5) is 0 Å². The predicted octanol–water partition coefficient (Wildman–Crippen LogP) is 5.82. The van der Waals surface area contributed by atoms with E-state index in [1.54, 1.807) is 6.07 Å². The normalized spacial score (nSPS) is 28.2. The van der Waals surface area contributed by atoms with Crippen molar-refractivity contribution in [3.05, 3.63) is 27.8 Å². The van der Waals surface area contributed by atoms with Crippen molar-refractivity contribution in [1.82, 2.24) is 0 Å². The Bertz CT molecular complexity index is 732. The van der Waals surface area contributed by atoms with Crippen molar-refractivity contribution in [2.24, 2.45) is 23.5 Å². The molecule has 4 atom stereocenters. The third-order valence-corrected chi connectivity index (χ3v) is 7.95. The van der Waals surface area contributed by atoms with E-state index < -0.39 is 0 Å². The number of hydrogen-bond acceptors (Lipinski definition) is 4. The second-order valence-electron chi connectivity index (χ2n) is 10.1. The van der Waals surface area contributed by atoms with Gasteiger partial charge in [0.25, 0.3) is 0 Å². The van der Waals surface area contributed by atoms with Gasteiger partial charge in [-0.1, -0.05) is 45.4 Å². The van der Waals surface area contributed by atoms with Crippen LogP contribution in [0.1, 0.15) is 114 Å². The van der Waals surface area contributed by atoms with Gasteiger partial charge in [0.05, 0.1) is 5.56 Å². The summed E-state index contributed by atoms with van der Waals surface area (Å²) >= 11 is 0. The summed E-state index contributed by atoms with van der Waals surface area (Å²) < 4.78 is 5.91. The van der Waals surface area contributed by atoms with Gasteiger partial charge in [0, 0.05) is 23.9 Å². The monoisotopic (exact) mass is 401 g/mol. The van der Waals surface area contributed by atoms with E-state index in [-0.39, 0.29) is 29.3 Å². The molecule has 4 rings (SSSR count). The highest BCUT2D eigenvalue weighted by molar-refractivity contribution is 5.36. The van der Waals surface area contributed by atoms with Crippen molar-refractivity contribution in [2.45, 2.75) is 108 Å². The van der Waals surface area contributed by atoms with Gasteiger partial charge in [-0.2, -0.15) is 0 Å². The summed E-state index contributed by atoms with van der Waals surface area (Å²) in [6, 6.07) is 2.01. The fourth-order valence-corrected chi connectivity index (χ4v) is 6.23. The van der Waals surface area contributed by atoms with E-state index >= 15 is 0 Å². The highest BCUT2D eigenvalue weighted by Crippen LogP contribution is 2.51. The molecular formula is C25H39NO3. The quantitative estimate of drug-likeness (QED) is 0.603. The van der Waals surface area contributed by atoms with Crippen molar-refractivity contribution in [1.29, 1.82) is 0 Å². The zero-order valence-electron chi connectivity index (χ0n) is 18.1. The van der Waals surface area contributed by atoms with Crippen LogP contribution < -0.4 is 11.4 Å². The second-order valence-corrected chi connectivity index (χ2v) is 10.1. The Morgan fingerprint density at radius 3 is 2.45 bits per heavy atom. The van der Waals surface area contributed by atoms with Crippen LogP contribution >= 0.6 is 0 Å². The summed E-state index contributed by atoms with van der Waals surface area (Å²) in [6.45, 7) is 2.16. The molecular weight excluding hydrogens is 362 g/mol. The summed E-state index contributed by atoms with van der Waals surface area (Å²) in [5.41, 5.74) is 6.50. The summed E-state index contributed by atoms with van der Waals surface area (Å²) in [5.74, 6) is 2.85. The van der Waals surface area contributed by atoms with Gasteiger partial charge in [0.1, 0.15) is 11.5 Å². The lowest BCUT2D eigenvalue weighted by Gasteiger charge is -2.33. The fraction of sp³-hybridized carbons (Fsp3) is 0.800. The minimum Gasteiger partial charge on any atom is -0.507 e. The molecule has 3 unspecified atom stereocenters. The van der Waals surface area contributed by atoms with E-state index in [1.165, 1.54) is 32.1 Å². The Labute approximate surface area is 175 Å². The second kappa shape index (κ2) is 9.24. The first kappa shape index (κ1) is 21.0. The Balaban J connectivity index is 1.57. The van der Waals surface area contributed by atoms with Crippen LogP contribution in [-0.2, 0) is 0 Å². The number of nitrogens with two attached hydrogens (primary N) is 1. The largest absolute Gasteiger partial charge is 0.507 e. The average molecular weight is 402 g/mol. The zero-order chi connectivity index (χ0) is 20.4. The SMILES string of the molecule is CC[C@H](CC1CCCCC1)c1cc(O)c(C(C2CC2)C2CCCC(N)C2)c(=O)o1. The maximum absolute atomic E-state index is 13.1. The van der Waals surface area contributed by atoms with Crippen LogP contribution in [0, 0.1) is 17.8 Å². The van der Waals surface area contributed by atoms with Gasteiger partial charge in [-0.3, -0.25) is 0 Å². The molecule has 1 heterocycles. The van der Waals surface area contributed by atoms with Crippen LogP contribution in [0.2, 0.25) is 0 Å². The van der Waals surface area contributed by atoms with Crippen LogP contribution in [0.15, 0.2) is 15.3 Å². The van der Waals surface area contributed by atoms with Gasteiger partial charge in [0.15, 0.2) is 0 Å². The maximum atomic E-state index is 13.1. The molecule has 0 aliphatic heterocycles. The molecule has 1 aromatic rings. The molecule has 4 heteroatoms. The fourth-order valence-electron chi connectivity index (χ4n) is 6.23. The predicted molar refractivity (Wildman–Crippen MR) is 116 cm³/mol. The minimum atomic E-state index is -0.293. The molecule has 3 N–H and O–H groups in total. The first-order valence-electron chi connectivity index (χ1n) is 12.2. The van der Waals surface area contributed by atoms with Crippen molar-refractivity contribution in [3.63, 3.8) is 0 Å². The van der Waals surface area contributed by atoms with E-state index in [9.17, 15) is 9.90 Å². The molecule has 1 aromatic heterocycles. The Hall–Kier alpha value is -1.29. The van der Waals surface area contributed by atoms with E-state index in [0.717, 1.165) is 57.3 Å². The van der Waals surface area contributed by atoms with Crippen LogP contribution in [-0.4, -0.2) is 11.1 Å². The molecule has 3 fully saturated rings. The lowest BCUT2D eigenvalue weighted by Crippen LogP contribution is -2.33. The molecule has 4 nitrogen and oxygen atoms in total. The molecule has 29 heavy (non-hydrogen) atoms. The molecule has 3 aliphatic carbocycles. The van der Waals surface area contributed by atoms with Gasteiger partial charge >= 0.3 is 5.63 Å². The van der Waals surface area contributed by atoms with E-state index in [2.05, 4.69) is 6.92 Å². The van der Waals surface area contributed by atoms with E-state index in [1.807, 2.05) is 0 Å². The van der Waals surface area contributed by atoms with Gasteiger partial charge < -0.3 is 15.3 Å². The smallest absolute Gasteiger partial charge is 0.343 e. The van der Waals surface area contributed by atoms with Crippen LogP contribution in [0.5, 0.6) is 5.75 Å². The molecule has 3 saturated carbocycles. The zero-order valence-corrected chi connectivity index (χ0v) is 18.1. The van der Waals surface area contributed by atoms with Crippen LogP contribution in [0.25, 0.3) is 0 Å². The van der Waals surface area contributed by atoms with Crippen molar-refractivity contribution in [2.75, 3.05) is 0 Å². The molecule has 0 bridgehead atoms. The van der Waals surface area contributed by atoms with E-state index in [0.29, 0.717) is 23.2 Å². The standard InChI is InChI=1S/C25H39NO3/c1-2-17(13-16-7-4-3-5-8-16)22-15-21(27)24(25(28)29-22)23(18-11-12-18)19-9-6-10-20(26)14-19/h15-20,23,27H,2-14,26H2,1H3/t17-,19?,20?,23?/m1/s1. The Kier molecular flexibility index (Phi) is 6.68.